The van der Waals surface area contributed by atoms with E-state index in [1.54, 1.807) is 25.1 Å². The van der Waals surface area contributed by atoms with Gasteiger partial charge in [0.1, 0.15) is 0 Å². The van der Waals surface area contributed by atoms with Gasteiger partial charge in [-0.25, -0.2) is 0 Å². The fourth-order valence-electron chi connectivity index (χ4n) is 1.46. The second-order valence-corrected chi connectivity index (χ2v) is 4.92. The highest BCUT2D eigenvalue weighted by molar-refractivity contribution is 6.36. The molecule has 0 radical (unpaired) electrons. The Hall–Kier alpha value is -0.770. The zero-order valence-electron chi connectivity index (χ0n) is 9.84. The van der Waals surface area contributed by atoms with Crippen molar-refractivity contribution in [3.8, 4) is 0 Å². The quantitative estimate of drug-likeness (QED) is 0.886. The summed E-state index contributed by atoms with van der Waals surface area (Å²) >= 11 is 12.1. The van der Waals surface area contributed by atoms with Gasteiger partial charge in [-0.15, -0.1) is 0 Å². The molecule has 3 N–H and O–H groups in total. The van der Waals surface area contributed by atoms with Crippen molar-refractivity contribution in [2.24, 2.45) is 5.73 Å². The van der Waals surface area contributed by atoms with E-state index in [0.717, 1.165) is 5.56 Å². The van der Waals surface area contributed by atoms with Gasteiger partial charge >= 0.3 is 0 Å². The molecule has 2 atom stereocenters. The summed E-state index contributed by atoms with van der Waals surface area (Å²) in [6.07, 6.45) is 0.580. The van der Waals surface area contributed by atoms with Gasteiger partial charge in [0, 0.05) is 16.1 Å². The molecule has 1 unspecified atom stereocenters. The van der Waals surface area contributed by atoms with Crippen molar-refractivity contribution in [2.75, 3.05) is 0 Å². The Bertz CT molecular complexity index is 387. The number of carbonyl (C=O) groups excluding carboxylic acids is 1. The van der Waals surface area contributed by atoms with Gasteiger partial charge in [-0.05, 0) is 38.0 Å². The standard InChI is InChI=1S/C12H16Cl2N2O/c1-7(16-12(17)8(2)15)6-9-10(13)4-3-5-11(9)14/h3-5,7-8H,6,15H2,1-2H3,(H,16,17)/t7?,8-/m1/s1. The van der Waals surface area contributed by atoms with Crippen LogP contribution in [0, 0.1) is 0 Å². The van der Waals surface area contributed by atoms with E-state index < -0.39 is 6.04 Å². The van der Waals surface area contributed by atoms with E-state index in [1.807, 2.05) is 6.92 Å². The Morgan fingerprint density at radius 1 is 1.35 bits per heavy atom. The third kappa shape index (κ3) is 4.19. The van der Waals surface area contributed by atoms with Crippen LogP contribution in [0.1, 0.15) is 19.4 Å². The lowest BCUT2D eigenvalue weighted by molar-refractivity contribution is -0.122. The first-order chi connectivity index (χ1) is 7.91. The smallest absolute Gasteiger partial charge is 0.236 e. The van der Waals surface area contributed by atoms with E-state index in [1.165, 1.54) is 0 Å². The Morgan fingerprint density at radius 2 is 1.88 bits per heavy atom. The molecule has 17 heavy (non-hydrogen) atoms. The molecule has 0 aliphatic heterocycles. The zero-order chi connectivity index (χ0) is 13.0. The number of amides is 1. The van der Waals surface area contributed by atoms with Crippen LogP contribution in [-0.4, -0.2) is 18.0 Å². The highest BCUT2D eigenvalue weighted by atomic mass is 35.5. The molecule has 5 heteroatoms. The summed E-state index contributed by atoms with van der Waals surface area (Å²) in [7, 11) is 0. The molecule has 1 aromatic rings. The molecule has 94 valence electrons. The summed E-state index contributed by atoms with van der Waals surface area (Å²) < 4.78 is 0. The number of rotatable bonds is 4. The minimum Gasteiger partial charge on any atom is -0.352 e. The van der Waals surface area contributed by atoms with Gasteiger partial charge in [0.15, 0.2) is 0 Å². The second kappa shape index (κ2) is 6.24. The van der Waals surface area contributed by atoms with Gasteiger partial charge < -0.3 is 11.1 Å². The first-order valence-electron chi connectivity index (χ1n) is 5.40. The summed E-state index contributed by atoms with van der Waals surface area (Å²) in [5, 5.41) is 4.02. The Morgan fingerprint density at radius 3 is 2.35 bits per heavy atom. The molecule has 1 rings (SSSR count). The number of hydrogen-bond acceptors (Lipinski definition) is 2. The zero-order valence-corrected chi connectivity index (χ0v) is 11.3. The molecule has 0 bridgehead atoms. The third-order valence-electron chi connectivity index (χ3n) is 2.37. The normalized spacial score (nSPS) is 14.2. The number of halogens is 2. The molecule has 0 fully saturated rings. The number of nitrogens with two attached hydrogens (primary N) is 1. The molecule has 3 nitrogen and oxygen atoms in total. The summed E-state index contributed by atoms with van der Waals surface area (Å²) in [5.41, 5.74) is 6.31. The minimum absolute atomic E-state index is 0.0640. The lowest BCUT2D eigenvalue weighted by atomic mass is 10.1. The van der Waals surface area contributed by atoms with E-state index in [-0.39, 0.29) is 11.9 Å². The molecule has 0 aliphatic carbocycles. The maximum Gasteiger partial charge on any atom is 0.236 e. The second-order valence-electron chi connectivity index (χ2n) is 4.10. The van der Waals surface area contributed by atoms with Gasteiger partial charge in [0.2, 0.25) is 5.91 Å². The van der Waals surface area contributed by atoms with Crippen LogP contribution < -0.4 is 11.1 Å². The van der Waals surface area contributed by atoms with Crippen molar-refractivity contribution in [3.63, 3.8) is 0 Å². The monoisotopic (exact) mass is 274 g/mol. The fourth-order valence-corrected chi connectivity index (χ4v) is 2.01. The van der Waals surface area contributed by atoms with E-state index in [0.29, 0.717) is 16.5 Å². The molecule has 0 aromatic heterocycles. The van der Waals surface area contributed by atoms with Crippen molar-refractivity contribution >= 4 is 29.1 Å². The number of hydrogen-bond donors (Lipinski definition) is 2. The van der Waals surface area contributed by atoms with Crippen LogP contribution in [-0.2, 0) is 11.2 Å². The van der Waals surface area contributed by atoms with Gasteiger partial charge in [0.05, 0.1) is 6.04 Å². The van der Waals surface area contributed by atoms with Crippen LogP contribution in [0.3, 0.4) is 0 Å². The SMILES string of the molecule is CC(Cc1c(Cl)cccc1Cl)NC(=O)[C@@H](C)N. The van der Waals surface area contributed by atoms with Gasteiger partial charge in [-0.3, -0.25) is 4.79 Å². The fraction of sp³-hybridized carbons (Fsp3) is 0.417. The first-order valence-corrected chi connectivity index (χ1v) is 6.16. The van der Waals surface area contributed by atoms with Crippen molar-refractivity contribution in [2.45, 2.75) is 32.4 Å². The number of nitrogens with one attached hydrogen (secondary N) is 1. The van der Waals surface area contributed by atoms with Crippen LogP contribution in [0.15, 0.2) is 18.2 Å². The number of carbonyl (C=O) groups is 1. The van der Waals surface area contributed by atoms with Gasteiger partial charge in [0.25, 0.3) is 0 Å². The topological polar surface area (TPSA) is 55.1 Å². The molecule has 0 heterocycles. The molecular formula is C12H16Cl2N2O. The lowest BCUT2D eigenvalue weighted by Crippen LogP contribution is -2.43. The van der Waals surface area contributed by atoms with Crippen molar-refractivity contribution in [1.29, 1.82) is 0 Å². The molecule has 1 amide bonds. The Balaban J connectivity index is 2.68. The first kappa shape index (κ1) is 14.3. The predicted molar refractivity (Wildman–Crippen MR) is 71.4 cm³/mol. The van der Waals surface area contributed by atoms with Crippen LogP contribution in [0.4, 0.5) is 0 Å². The van der Waals surface area contributed by atoms with Gasteiger partial charge in [-0.2, -0.15) is 0 Å². The molecule has 0 saturated carbocycles. The van der Waals surface area contributed by atoms with Crippen LogP contribution in [0.5, 0.6) is 0 Å². The van der Waals surface area contributed by atoms with E-state index in [4.69, 9.17) is 28.9 Å². The largest absolute Gasteiger partial charge is 0.352 e. The molecule has 0 aliphatic rings. The van der Waals surface area contributed by atoms with Gasteiger partial charge in [-0.1, -0.05) is 29.3 Å². The summed E-state index contributed by atoms with van der Waals surface area (Å²) in [6.45, 7) is 3.53. The van der Waals surface area contributed by atoms with E-state index in [2.05, 4.69) is 5.32 Å². The summed E-state index contributed by atoms with van der Waals surface area (Å²) in [6, 6.07) is 4.77. The summed E-state index contributed by atoms with van der Waals surface area (Å²) in [5.74, 6) is -0.180. The average Bonchev–Trinajstić information content (AvgIpc) is 2.23. The Labute approximate surface area is 111 Å². The lowest BCUT2D eigenvalue weighted by Gasteiger charge is -2.17. The molecule has 1 aromatic carbocycles. The Kier molecular flexibility index (Phi) is 5.25. The predicted octanol–water partition coefficient (Wildman–Crippen LogP) is 2.39. The molecular weight excluding hydrogens is 259 g/mol. The van der Waals surface area contributed by atoms with Crippen molar-refractivity contribution < 1.29 is 4.79 Å². The summed E-state index contributed by atoms with van der Waals surface area (Å²) in [4.78, 5) is 11.4. The maximum atomic E-state index is 11.4. The highest BCUT2D eigenvalue weighted by Crippen LogP contribution is 2.25. The van der Waals surface area contributed by atoms with Crippen LogP contribution in [0.25, 0.3) is 0 Å². The maximum absolute atomic E-state index is 11.4. The molecule has 0 spiro atoms. The minimum atomic E-state index is -0.515. The third-order valence-corrected chi connectivity index (χ3v) is 3.08. The molecule has 0 saturated heterocycles. The van der Waals surface area contributed by atoms with Crippen LogP contribution in [0.2, 0.25) is 10.0 Å². The van der Waals surface area contributed by atoms with Crippen molar-refractivity contribution in [1.82, 2.24) is 5.32 Å². The highest BCUT2D eigenvalue weighted by Gasteiger charge is 2.14. The van der Waals surface area contributed by atoms with Crippen molar-refractivity contribution in [3.05, 3.63) is 33.8 Å². The average molecular weight is 275 g/mol. The van der Waals surface area contributed by atoms with Crippen LogP contribution >= 0.6 is 23.2 Å². The van der Waals surface area contributed by atoms with E-state index >= 15 is 0 Å². The number of benzene rings is 1. The van der Waals surface area contributed by atoms with E-state index in [9.17, 15) is 4.79 Å².